The summed E-state index contributed by atoms with van der Waals surface area (Å²) in [6.07, 6.45) is 26.5. The average molecular weight is 185 g/mol. The number of hydrogen-bond donors (Lipinski definition) is 0. The zero-order valence-electron chi connectivity index (χ0n) is 8.52. The summed E-state index contributed by atoms with van der Waals surface area (Å²) in [5, 5.41) is 0. The van der Waals surface area contributed by atoms with Crippen molar-refractivity contribution in [1.29, 1.82) is 0 Å². The Morgan fingerprint density at radius 3 is 1.93 bits per heavy atom. The first-order valence-corrected chi connectivity index (χ1v) is 5.21. The van der Waals surface area contributed by atoms with Crippen molar-refractivity contribution in [3.8, 4) is 0 Å². The monoisotopic (exact) mass is 185 g/mol. The molecule has 0 atom stereocenters. The highest BCUT2D eigenvalue weighted by molar-refractivity contribution is 5.08. The molecule has 0 saturated carbocycles. The van der Waals surface area contributed by atoms with Crippen LogP contribution in [0.25, 0.3) is 0 Å². The largest absolute Gasteiger partial charge is 0.0842 e. The highest BCUT2D eigenvalue weighted by Crippen LogP contribution is 1.97. The maximum atomic E-state index is 3.10. The number of rotatable bonds is 0. The van der Waals surface area contributed by atoms with E-state index in [1.165, 1.54) is 0 Å². The molecule has 73 valence electrons. The molecule has 14 heavy (non-hydrogen) atoms. The molecule has 1 radical (unpaired) electrons. The van der Waals surface area contributed by atoms with E-state index >= 15 is 0 Å². The number of allylic oxidation sites excluding steroid dienone is 10. The van der Waals surface area contributed by atoms with Crippen molar-refractivity contribution < 1.29 is 0 Å². The highest BCUT2D eigenvalue weighted by Gasteiger charge is 1.77. The van der Waals surface area contributed by atoms with Crippen LogP contribution < -0.4 is 0 Å². The molecule has 0 heteroatoms. The van der Waals surface area contributed by atoms with Crippen LogP contribution in [0.3, 0.4) is 0 Å². The van der Waals surface area contributed by atoms with Crippen molar-refractivity contribution in [3.05, 3.63) is 60.8 Å². The second kappa shape index (κ2) is 8.31. The molecule has 0 amide bonds. The predicted molar refractivity (Wildman–Crippen MR) is 62.8 cm³/mol. The lowest BCUT2D eigenvalue weighted by molar-refractivity contribution is 1.04. The van der Waals surface area contributed by atoms with Crippen LogP contribution in [0.5, 0.6) is 0 Å². The molecular formula is C14H17. The van der Waals surface area contributed by atoms with Gasteiger partial charge in [0.15, 0.2) is 0 Å². The van der Waals surface area contributed by atoms with Gasteiger partial charge in [0.25, 0.3) is 0 Å². The minimum atomic E-state index is 1.09. The Labute approximate surface area is 87.0 Å². The van der Waals surface area contributed by atoms with E-state index in [2.05, 4.69) is 48.6 Å². The van der Waals surface area contributed by atoms with Gasteiger partial charge in [0.2, 0.25) is 0 Å². The molecule has 0 N–H and O–H groups in total. The van der Waals surface area contributed by atoms with E-state index in [0.29, 0.717) is 0 Å². The van der Waals surface area contributed by atoms with Crippen LogP contribution in [0.2, 0.25) is 0 Å². The fraction of sp³-hybridized carbons (Fsp3) is 0.286. The Kier molecular flexibility index (Phi) is 6.39. The van der Waals surface area contributed by atoms with Crippen molar-refractivity contribution >= 4 is 0 Å². The minimum absolute atomic E-state index is 1.09. The van der Waals surface area contributed by atoms with Gasteiger partial charge in [-0.2, -0.15) is 0 Å². The molecule has 0 aromatic rings. The lowest BCUT2D eigenvalue weighted by atomic mass is 10.2. The van der Waals surface area contributed by atoms with Gasteiger partial charge in [-0.1, -0.05) is 54.7 Å². The normalized spacial score (nSPS) is 29.7. The SMILES string of the molecule is [C]1=C/C=C\CC/C=C\C=C\CC\C=C/1. The first-order chi connectivity index (χ1) is 7.00. The standard InChI is InChI=1S/C14H17/c1-2-4-6-8-10-12-14-13-11-9-7-5-3-1/h1-4,9-13H,5-8H2/b3-1-,4-2+,11-9-,12-10-,14-13?. The maximum absolute atomic E-state index is 3.10. The van der Waals surface area contributed by atoms with Gasteiger partial charge < -0.3 is 0 Å². The van der Waals surface area contributed by atoms with E-state index in [4.69, 9.17) is 0 Å². The molecule has 0 nitrogen and oxygen atoms in total. The second-order valence-corrected chi connectivity index (χ2v) is 3.17. The maximum Gasteiger partial charge on any atom is -0.0187 e. The molecule has 0 aromatic heterocycles. The minimum Gasteiger partial charge on any atom is -0.0842 e. The molecule has 0 aromatic carbocycles. The van der Waals surface area contributed by atoms with Gasteiger partial charge in [-0.15, -0.1) is 0 Å². The van der Waals surface area contributed by atoms with Crippen LogP contribution in [0.1, 0.15) is 25.7 Å². The summed E-state index contributed by atoms with van der Waals surface area (Å²) in [5.41, 5.74) is 0. The van der Waals surface area contributed by atoms with Crippen molar-refractivity contribution in [2.75, 3.05) is 0 Å². The van der Waals surface area contributed by atoms with Crippen molar-refractivity contribution in [1.82, 2.24) is 0 Å². The Morgan fingerprint density at radius 2 is 1.21 bits per heavy atom. The third-order valence-electron chi connectivity index (χ3n) is 1.93. The lowest BCUT2D eigenvalue weighted by Crippen LogP contribution is -1.66. The molecule has 1 rings (SSSR count). The lowest BCUT2D eigenvalue weighted by Gasteiger charge is -1.87. The van der Waals surface area contributed by atoms with Crippen LogP contribution >= 0.6 is 0 Å². The molecule has 0 unspecified atom stereocenters. The summed E-state index contributed by atoms with van der Waals surface area (Å²) in [4.78, 5) is 0. The molecule has 0 spiro atoms. The summed E-state index contributed by atoms with van der Waals surface area (Å²) >= 11 is 0. The van der Waals surface area contributed by atoms with E-state index in [1.54, 1.807) is 0 Å². The average Bonchev–Trinajstić information content (AvgIpc) is 2.22. The Morgan fingerprint density at radius 1 is 0.643 bits per heavy atom. The van der Waals surface area contributed by atoms with E-state index in [-0.39, 0.29) is 0 Å². The van der Waals surface area contributed by atoms with Crippen molar-refractivity contribution in [2.45, 2.75) is 25.7 Å². The van der Waals surface area contributed by atoms with Gasteiger partial charge in [0, 0.05) is 0 Å². The fourth-order valence-corrected chi connectivity index (χ4v) is 1.16. The molecule has 1 aliphatic carbocycles. The van der Waals surface area contributed by atoms with E-state index in [0.717, 1.165) is 25.7 Å². The molecule has 0 fully saturated rings. The third-order valence-corrected chi connectivity index (χ3v) is 1.93. The van der Waals surface area contributed by atoms with Gasteiger partial charge >= 0.3 is 0 Å². The second-order valence-electron chi connectivity index (χ2n) is 3.17. The predicted octanol–water partition coefficient (Wildman–Crippen LogP) is 4.14. The first-order valence-electron chi connectivity index (χ1n) is 5.21. The van der Waals surface area contributed by atoms with Gasteiger partial charge in [-0.25, -0.2) is 0 Å². The Balaban J connectivity index is 2.45. The number of hydrogen-bond acceptors (Lipinski definition) is 0. The van der Waals surface area contributed by atoms with Gasteiger partial charge in [0.1, 0.15) is 0 Å². The third kappa shape index (κ3) is 6.24. The molecule has 0 saturated heterocycles. The molecule has 0 aliphatic heterocycles. The summed E-state index contributed by atoms with van der Waals surface area (Å²) in [5.74, 6) is 0. The Hall–Kier alpha value is -1.30. The molecule has 0 bridgehead atoms. The topological polar surface area (TPSA) is 0 Å². The Bertz CT molecular complexity index is 234. The van der Waals surface area contributed by atoms with Gasteiger partial charge in [-0.05, 0) is 31.8 Å². The van der Waals surface area contributed by atoms with Crippen molar-refractivity contribution in [2.24, 2.45) is 0 Å². The molecule has 1 aliphatic rings. The zero-order valence-corrected chi connectivity index (χ0v) is 8.52. The van der Waals surface area contributed by atoms with Crippen LogP contribution in [-0.4, -0.2) is 0 Å². The zero-order chi connectivity index (χ0) is 9.90. The summed E-state index contributed by atoms with van der Waals surface area (Å²) in [6, 6.07) is 0. The summed E-state index contributed by atoms with van der Waals surface area (Å²) < 4.78 is 0. The first kappa shape index (κ1) is 10.8. The molecule has 0 heterocycles. The quantitative estimate of drug-likeness (QED) is 0.532. The smallest absolute Gasteiger partial charge is 0.0187 e. The van der Waals surface area contributed by atoms with Crippen LogP contribution in [-0.2, 0) is 0 Å². The van der Waals surface area contributed by atoms with Crippen LogP contribution in [0.15, 0.2) is 54.7 Å². The van der Waals surface area contributed by atoms with Crippen molar-refractivity contribution in [3.63, 3.8) is 0 Å². The highest BCUT2D eigenvalue weighted by atomic mass is 13.8. The fourth-order valence-electron chi connectivity index (χ4n) is 1.16. The van der Waals surface area contributed by atoms with Crippen LogP contribution in [0.4, 0.5) is 0 Å². The van der Waals surface area contributed by atoms with E-state index in [1.807, 2.05) is 12.2 Å². The molecular weight excluding hydrogens is 168 g/mol. The summed E-state index contributed by atoms with van der Waals surface area (Å²) in [6.45, 7) is 0. The van der Waals surface area contributed by atoms with Crippen LogP contribution in [0, 0.1) is 6.08 Å². The summed E-state index contributed by atoms with van der Waals surface area (Å²) in [7, 11) is 0. The van der Waals surface area contributed by atoms with E-state index < -0.39 is 0 Å². The van der Waals surface area contributed by atoms with E-state index in [9.17, 15) is 0 Å². The van der Waals surface area contributed by atoms with Gasteiger partial charge in [-0.3, -0.25) is 0 Å². The van der Waals surface area contributed by atoms with Gasteiger partial charge in [0.05, 0.1) is 0 Å².